The summed E-state index contributed by atoms with van der Waals surface area (Å²) in [5.74, 6) is -1.20. The first-order valence-corrected chi connectivity index (χ1v) is 10.1. The molecular weight excluding hydrogens is 342 g/mol. The number of nitrogens with one attached hydrogen (secondary N) is 2. The van der Waals surface area contributed by atoms with Crippen molar-refractivity contribution in [1.29, 1.82) is 0 Å². The standard InChI is InChI=1S/C17H33N3O4S/c1-6-11(4)14(20-15(21)12(18)7-8-25-5)16(22)19-13(17(23)24)9-10(2)3/h10-14H,6-9,18H2,1-5H3,(H,19,22)(H,20,21)(H,23,24)/t11-,12-,13-,14-/m0/s1. The normalized spacial score (nSPS) is 16.0. The highest BCUT2D eigenvalue weighted by atomic mass is 32.2. The van der Waals surface area contributed by atoms with Gasteiger partial charge in [0, 0.05) is 0 Å². The lowest BCUT2D eigenvalue weighted by atomic mass is 9.96. The van der Waals surface area contributed by atoms with E-state index < -0.39 is 30.0 Å². The SMILES string of the molecule is CC[C@H](C)[C@H](NC(=O)[C@@H](N)CCSC)C(=O)N[C@@H](CC(C)C)C(=O)O. The summed E-state index contributed by atoms with van der Waals surface area (Å²) in [5, 5.41) is 14.5. The van der Waals surface area contributed by atoms with Gasteiger partial charge in [0.05, 0.1) is 6.04 Å². The van der Waals surface area contributed by atoms with E-state index >= 15 is 0 Å². The highest BCUT2D eigenvalue weighted by molar-refractivity contribution is 7.98. The third kappa shape index (κ3) is 9.11. The first-order chi connectivity index (χ1) is 11.6. The molecule has 0 radical (unpaired) electrons. The average Bonchev–Trinajstić information content (AvgIpc) is 2.55. The molecular formula is C17H33N3O4S. The van der Waals surface area contributed by atoms with Gasteiger partial charge in [0.15, 0.2) is 0 Å². The predicted molar refractivity (Wildman–Crippen MR) is 101 cm³/mol. The van der Waals surface area contributed by atoms with Crippen LogP contribution in [0.5, 0.6) is 0 Å². The molecule has 7 nitrogen and oxygen atoms in total. The van der Waals surface area contributed by atoms with Crippen LogP contribution >= 0.6 is 11.8 Å². The Kier molecular flexibility index (Phi) is 11.5. The van der Waals surface area contributed by atoms with E-state index in [9.17, 15) is 19.5 Å². The summed E-state index contributed by atoms with van der Waals surface area (Å²) in [6, 6.07) is -2.45. The molecule has 25 heavy (non-hydrogen) atoms. The van der Waals surface area contributed by atoms with Crippen LogP contribution in [0, 0.1) is 11.8 Å². The smallest absolute Gasteiger partial charge is 0.326 e. The third-order valence-electron chi connectivity index (χ3n) is 4.08. The van der Waals surface area contributed by atoms with Crippen LogP contribution in [0.1, 0.15) is 47.0 Å². The first kappa shape index (κ1) is 23.7. The van der Waals surface area contributed by atoms with Gasteiger partial charge in [-0.1, -0.05) is 34.1 Å². The fourth-order valence-corrected chi connectivity index (χ4v) is 2.78. The summed E-state index contributed by atoms with van der Waals surface area (Å²) < 4.78 is 0. The number of thioether (sulfide) groups is 1. The van der Waals surface area contributed by atoms with Gasteiger partial charge < -0.3 is 21.5 Å². The summed E-state index contributed by atoms with van der Waals surface area (Å²) in [6.45, 7) is 7.53. The van der Waals surface area contributed by atoms with Crippen molar-refractivity contribution < 1.29 is 19.5 Å². The van der Waals surface area contributed by atoms with E-state index in [1.165, 1.54) is 0 Å². The molecule has 0 saturated carbocycles. The van der Waals surface area contributed by atoms with Crippen molar-refractivity contribution in [3.63, 3.8) is 0 Å². The van der Waals surface area contributed by atoms with Crippen LogP contribution < -0.4 is 16.4 Å². The second-order valence-electron chi connectivity index (χ2n) is 6.79. The molecule has 0 aromatic carbocycles. The molecule has 0 aliphatic heterocycles. The van der Waals surface area contributed by atoms with Gasteiger partial charge in [-0.3, -0.25) is 9.59 Å². The Bertz CT molecular complexity index is 446. The number of aliphatic carboxylic acids is 1. The zero-order chi connectivity index (χ0) is 19.6. The van der Waals surface area contributed by atoms with E-state index in [4.69, 9.17) is 5.73 Å². The molecule has 0 heterocycles. The monoisotopic (exact) mass is 375 g/mol. The molecule has 146 valence electrons. The van der Waals surface area contributed by atoms with Gasteiger partial charge in [-0.15, -0.1) is 0 Å². The maximum absolute atomic E-state index is 12.6. The number of hydrogen-bond donors (Lipinski definition) is 4. The number of amides is 2. The molecule has 4 atom stereocenters. The lowest BCUT2D eigenvalue weighted by Crippen LogP contribution is -2.56. The third-order valence-corrected chi connectivity index (χ3v) is 4.73. The van der Waals surface area contributed by atoms with E-state index in [1.807, 2.05) is 34.0 Å². The van der Waals surface area contributed by atoms with Crippen molar-refractivity contribution in [3.8, 4) is 0 Å². The number of carbonyl (C=O) groups is 3. The van der Waals surface area contributed by atoms with Crippen LogP contribution in [-0.2, 0) is 14.4 Å². The van der Waals surface area contributed by atoms with Crippen molar-refractivity contribution in [2.45, 2.75) is 65.1 Å². The lowest BCUT2D eigenvalue weighted by Gasteiger charge is -2.27. The van der Waals surface area contributed by atoms with Crippen molar-refractivity contribution >= 4 is 29.5 Å². The number of carboxylic acid groups (broad SMARTS) is 1. The van der Waals surface area contributed by atoms with Gasteiger partial charge in [-0.2, -0.15) is 11.8 Å². The summed E-state index contributed by atoms with van der Waals surface area (Å²) in [5.41, 5.74) is 5.86. The molecule has 2 amide bonds. The number of hydrogen-bond acceptors (Lipinski definition) is 5. The largest absolute Gasteiger partial charge is 0.480 e. The first-order valence-electron chi connectivity index (χ1n) is 8.72. The molecule has 0 aliphatic carbocycles. The minimum atomic E-state index is -1.08. The minimum Gasteiger partial charge on any atom is -0.480 e. The molecule has 0 spiro atoms. The van der Waals surface area contributed by atoms with Crippen LogP contribution in [0.3, 0.4) is 0 Å². The van der Waals surface area contributed by atoms with Crippen LogP contribution in [-0.4, -0.2) is 53.0 Å². The number of nitrogens with two attached hydrogens (primary N) is 1. The van der Waals surface area contributed by atoms with Crippen LogP contribution in [0.25, 0.3) is 0 Å². The zero-order valence-electron chi connectivity index (χ0n) is 15.9. The second-order valence-corrected chi connectivity index (χ2v) is 7.77. The van der Waals surface area contributed by atoms with E-state index in [1.54, 1.807) is 11.8 Å². The summed E-state index contributed by atoms with van der Waals surface area (Å²) in [6.07, 6.45) is 3.45. The Labute approximate surface area is 154 Å². The lowest BCUT2D eigenvalue weighted by molar-refractivity contribution is -0.143. The van der Waals surface area contributed by atoms with Gasteiger partial charge in [0.2, 0.25) is 11.8 Å². The average molecular weight is 376 g/mol. The van der Waals surface area contributed by atoms with Gasteiger partial charge >= 0.3 is 5.97 Å². The zero-order valence-corrected chi connectivity index (χ0v) is 16.7. The molecule has 0 aliphatic rings. The Balaban J connectivity index is 5.03. The molecule has 0 fully saturated rings. The highest BCUT2D eigenvalue weighted by Crippen LogP contribution is 2.11. The molecule has 0 aromatic rings. The van der Waals surface area contributed by atoms with E-state index in [0.29, 0.717) is 19.3 Å². The van der Waals surface area contributed by atoms with Gasteiger partial charge in [0.1, 0.15) is 12.1 Å². The predicted octanol–water partition coefficient (Wildman–Crippen LogP) is 1.21. The second kappa shape index (κ2) is 12.1. The van der Waals surface area contributed by atoms with Crippen molar-refractivity contribution in [1.82, 2.24) is 10.6 Å². The Hall–Kier alpha value is -1.28. The fraction of sp³-hybridized carbons (Fsp3) is 0.824. The van der Waals surface area contributed by atoms with Crippen molar-refractivity contribution in [2.24, 2.45) is 17.6 Å². The number of carbonyl (C=O) groups excluding carboxylic acids is 2. The molecule has 8 heteroatoms. The highest BCUT2D eigenvalue weighted by Gasteiger charge is 2.31. The summed E-state index contributed by atoms with van der Waals surface area (Å²) >= 11 is 1.60. The topological polar surface area (TPSA) is 122 Å². The summed E-state index contributed by atoms with van der Waals surface area (Å²) in [4.78, 5) is 36.2. The fourth-order valence-electron chi connectivity index (χ4n) is 2.29. The molecule has 0 unspecified atom stereocenters. The maximum Gasteiger partial charge on any atom is 0.326 e. The quantitative estimate of drug-likeness (QED) is 0.407. The molecule has 0 aromatic heterocycles. The molecule has 0 bridgehead atoms. The van der Waals surface area contributed by atoms with Gasteiger partial charge in [-0.25, -0.2) is 4.79 Å². The Morgan fingerprint density at radius 3 is 2.16 bits per heavy atom. The number of rotatable bonds is 12. The van der Waals surface area contributed by atoms with Gasteiger partial charge in [-0.05, 0) is 36.7 Å². The Morgan fingerprint density at radius 1 is 1.12 bits per heavy atom. The van der Waals surface area contributed by atoms with Crippen LogP contribution in [0.4, 0.5) is 0 Å². The number of carboxylic acids is 1. The van der Waals surface area contributed by atoms with Crippen LogP contribution in [0.2, 0.25) is 0 Å². The molecule has 0 saturated heterocycles. The molecule has 0 rings (SSSR count). The van der Waals surface area contributed by atoms with E-state index in [-0.39, 0.29) is 17.7 Å². The minimum absolute atomic E-state index is 0.123. The molecule has 5 N–H and O–H groups in total. The van der Waals surface area contributed by atoms with E-state index in [2.05, 4.69) is 10.6 Å². The Morgan fingerprint density at radius 2 is 1.72 bits per heavy atom. The van der Waals surface area contributed by atoms with Crippen molar-refractivity contribution in [3.05, 3.63) is 0 Å². The maximum atomic E-state index is 12.6. The van der Waals surface area contributed by atoms with E-state index in [0.717, 1.165) is 5.75 Å². The van der Waals surface area contributed by atoms with Crippen molar-refractivity contribution in [2.75, 3.05) is 12.0 Å². The van der Waals surface area contributed by atoms with Crippen LogP contribution in [0.15, 0.2) is 0 Å². The van der Waals surface area contributed by atoms with Gasteiger partial charge in [0.25, 0.3) is 0 Å². The summed E-state index contributed by atoms with van der Waals surface area (Å²) in [7, 11) is 0.